The van der Waals surface area contributed by atoms with E-state index in [9.17, 15) is 5.11 Å². The highest BCUT2D eigenvalue weighted by Gasteiger charge is 2.25. The first-order valence-electron chi connectivity index (χ1n) is 6.26. The van der Waals surface area contributed by atoms with E-state index in [1.165, 1.54) is 12.0 Å². The summed E-state index contributed by atoms with van der Waals surface area (Å²) in [6.07, 6.45) is 3.20. The molecule has 94 valence electrons. The molecule has 1 aliphatic rings. The van der Waals surface area contributed by atoms with Gasteiger partial charge in [-0.15, -0.1) is 0 Å². The molecular weight excluding hydrogens is 234 g/mol. The Morgan fingerprint density at radius 3 is 2.59 bits per heavy atom. The fourth-order valence-electron chi connectivity index (χ4n) is 2.60. The van der Waals surface area contributed by atoms with Crippen molar-refractivity contribution in [2.45, 2.75) is 31.9 Å². The Morgan fingerprint density at radius 2 is 2.00 bits per heavy atom. The maximum atomic E-state index is 9.80. The van der Waals surface area contributed by atoms with E-state index in [0.717, 1.165) is 31.0 Å². The van der Waals surface area contributed by atoms with E-state index >= 15 is 0 Å². The van der Waals surface area contributed by atoms with Crippen molar-refractivity contribution in [1.82, 2.24) is 4.90 Å². The standard InChI is InChI=1S/C14H20ClNO/c1-16(10-12-3-2-4-14(12)17)9-11-5-7-13(15)8-6-11/h5-8,12,14,17H,2-4,9-10H2,1H3. The van der Waals surface area contributed by atoms with Crippen molar-refractivity contribution in [3.63, 3.8) is 0 Å². The van der Waals surface area contributed by atoms with Crippen LogP contribution in [0.25, 0.3) is 0 Å². The molecule has 1 aromatic rings. The fourth-order valence-corrected chi connectivity index (χ4v) is 2.72. The van der Waals surface area contributed by atoms with Gasteiger partial charge in [0.15, 0.2) is 0 Å². The molecule has 0 amide bonds. The summed E-state index contributed by atoms with van der Waals surface area (Å²) in [5.41, 5.74) is 1.27. The number of nitrogens with zero attached hydrogens (tertiary/aromatic N) is 1. The maximum Gasteiger partial charge on any atom is 0.0580 e. The van der Waals surface area contributed by atoms with E-state index in [2.05, 4.69) is 24.1 Å². The number of aliphatic hydroxyl groups is 1. The number of hydrogen-bond acceptors (Lipinski definition) is 2. The molecule has 2 unspecified atom stereocenters. The molecule has 0 heterocycles. The van der Waals surface area contributed by atoms with E-state index in [0.29, 0.717) is 5.92 Å². The Bertz CT molecular complexity index is 352. The van der Waals surface area contributed by atoms with Gasteiger partial charge in [-0.3, -0.25) is 0 Å². The SMILES string of the molecule is CN(Cc1ccc(Cl)cc1)CC1CCCC1O. The fraction of sp³-hybridized carbons (Fsp3) is 0.571. The third-order valence-corrected chi connectivity index (χ3v) is 3.78. The van der Waals surface area contributed by atoms with Crippen molar-refractivity contribution in [2.75, 3.05) is 13.6 Å². The van der Waals surface area contributed by atoms with E-state index in [-0.39, 0.29) is 6.10 Å². The van der Waals surface area contributed by atoms with Crippen molar-refractivity contribution < 1.29 is 5.11 Å². The van der Waals surface area contributed by atoms with Crippen LogP contribution in [0.4, 0.5) is 0 Å². The van der Waals surface area contributed by atoms with Gasteiger partial charge in [0.2, 0.25) is 0 Å². The lowest BCUT2D eigenvalue weighted by Gasteiger charge is -2.23. The Balaban J connectivity index is 1.84. The third-order valence-electron chi connectivity index (χ3n) is 3.53. The van der Waals surface area contributed by atoms with E-state index < -0.39 is 0 Å². The van der Waals surface area contributed by atoms with E-state index in [1.807, 2.05) is 12.1 Å². The molecule has 17 heavy (non-hydrogen) atoms. The van der Waals surface area contributed by atoms with Gasteiger partial charge < -0.3 is 10.0 Å². The second-order valence-electron chi connectivity index (χ2n) is 5.08. The summed E-state index contributed by atoms with van der Waals surface area (Å²) < 4.78 is 0. The zero-order valence-corrected chi connectivity index (χ0v) is 11.0. The van der Waals surface area contributed by atoms with Crippen LogP contribution in [0, 0.1) is 5.92 Å². The minimum Gasteiger partial charge on any atom is -0.393 e. The van der Waals surface area contributed by atoms with Crippen molar-refractivity contribution in [3.8, 4) is 0 Å². The average molecular weight is 254 g/mol. The quantitative estimate of drug-likeness (QED) is 0.892. The molecule has 1 aliphatic carbocycles. The van der Waals surface area contributed by atoms with Crippen LogP contribution in [-0.4, -0.2) is 29.7 Å². The number of halogens is 1. The lowest BCUT2D eigenvalue weighted by Crippen LogP contribution is -2.29. The lowest BCUT2D eigenvalue weighted by molar-refractivity contribution is 0.108. The lowest BCUT2D eigenvalue weighted by atomic mass is 10.1. The van der Waals surface area contributed by atoms with Crippen molar-refractivity contribution in [2.24, 2.45) is 5.92 Å². The van der Waals surface area contributed by atoms with Crippen LogP contribution in [0.5, 0.6) is 0 Å². The minimum atomic E-state index is -0.0948. The van der Waals surface area contributed by atoms with E-state index in [4.69, 9.17) is 11.6 Å². The van der Waals surface area contributed by atoms with Gasteiger partial charge in [0.1, 0.15) is 0 Å². The minimum absolute atomic E-state index is 0.0948. The zero-order chi connectivity index (χ0) is 12.3. The maximum absolute atomic E-state index is 9.80. The summed E-state index contributed by atoms with van der Waals surface area (Å²) in [5, 5.41) is 10.6. The molecule has 0 radical (unpaired) electrons. The molecule has 1 aromatic carbocycles. The first kappa shape index (κ1) is 12.9. The summed E-state index contributed by atoms with van der Waals surface area (Å²) in [4.78, 5) is 2.28. The monoisotopic (exact) mass is 253 g/mol. The van der Waals surface area contributed by atoms with Gasteiger partial charge in [-0.25, -0.2) is 0 Å². The predicted molar refractivity (Wildman–Crippen MR) is 71.1 cm³/mol. The van der Waals surface area contributed by atoms with Crippen molar-refractivity contribution in [3.05, 3.63) is 34.9 Å². The summed E-state index contributed by atoms with van der Waals surface area (Å²) in [7, 11) is 2.11. The van der Waals surface area contributed by atoms with Gasteiger partial charge in [0, 0.05) is 18.1 Å². The Kier molecular flexibility index (Phi) is 4.43. The Morgan fingerprint density at radius 1 is 1.29 bits per heavy atom. The summed E-state index contributed by atoms with van der Waals surface area (Å²) in [6, 6.07) is 7.97. The first-order valence-corrected chi connectivity index (χ1v) is 6.64. The van der Waals surface area contributed by atoms with Crippen LogP contribution in [0.1, 0.15) is 24.8 Å². The highest BCUT2D eigenvalue weighted by molar-refractivity contribution is 6.30. The van der Waals surface area contributed by atoms with Gasteiger partial charge in [0.25, 0.3) is 0 Å². The molecule has 2 rings (SSSR count). The Labute approximate surface area is 108 Å². The molecule has 0 aliphatic heterocycles. The van der Waals surface area contributed by atoms with Crippen molar-refractivity contribution >= 4 is 11.6 Å². The largest absolute Gasteiger partial charge is 0.393 e. The van der Waals surface area contributed by atoms with Gasteiger partial charge >= 0.3 is 0 Å². The van der Waals surface area contributed by atoms with E-state index in [1.54, 1.807) is 0 Å². The summed E-state index contributed by atoms with van der Waals surface area (Å²) >= 11 is 5.86. The third kappa shape index (κ3) is 3.70. The molecule has 0 spiro atoms. The summed E-state index contributed by atoms with van der Waals surface area (Å²) in [6.45, 7) is 1.89. The molecule has 0 aromatic heterocycles. The van der Waals surface area contributed by atoms with Crippen LogP contribution in [0.15, 0.2) is 24.3 Å². The van der Waals surface area contributed by atoms with Gasteiger partial charge in [-0.2, -0.15) is 0 Å². The molecule has 1 saturated carbocycles. The van der Waals surface area contributed by atoms with Gasteiger partial charge in [0.05, 0.1) is 6.10 Å². The molecule has 2 nitrogen and oxygen atoms in total. The second-order valence-corrected chi connectivity index (χ2v) is 5.52. The first-order chi connectivity index (χ1) is 8.15. The highest BCUT2D eigenvalue weighted by atomic mass is 35.5. The zero-order valence-electron chi connectivity index (χ0n) is 10.3. The highest BCUT2D eigenvalue weighted by Crippen LogP contribution is 2.26. The number of hydrogen-bond donors (Lipinski definition) is 1. The van der Waals surface area contributed by atoms with Gasteiger partial charge in [-0.05, 0) is 43.5 Å². The molecule has 0 bridgehead atoms. The number of rotatable bonds is 4. The van der Waals surface area contributed by atoms with Crippen molar-refractivity contribution in [1.29, 1.82) is 0 Å². The molecule has 1 fully saturated rings. The molecule has 1 N–H and O–H groups in total. The number of benzene rings is 1. The molecule has 3 heteroatoms. The predicted octanol–water partition coefficient (Wildman–Crippen LogP) is 2.93. The van der Waals surface area contributed by atoms with Crippen LogP contribution >= 0.6 is 11.6 Å². The molecule has 0 saturated heterocycles. The van der Waals surface area contributed by atoms with Crippen LogP contribution in [-0.2, 0) is 6.54 Å². The van der Waals surface area contributed by atoms with Crippen LogP contribution in [0.3, 0.4) is 0 Å². The topological polar surface area (TPSA) is 23.5 Å². The van der Waals surface area contributed by atoms with Crippen LogP contribution in [0.2, 0.25) is 5.02 Å². The normalized spacial score (nSPS) is 24.5. The second kappa shape index (κ2) is 5.85. The molecular formula is C14H20ClNO. The Hall–Kier alpha value is -0.570. The average Bonchev–Trinajstić information content (AvgIpc) is 2.68. The smallest absolute Gasteiger partial charge is 0.0580 e. The summed E-state index contributed by atoms with van der Waals surface area (Å²) in [5.74, 6) is 0.451. The van der Waals surface area contributed by atoms with Crippen LogP contribution < -0.4 is 0 Å². The molecule has 2 atom stereocenters. The van der Waals surface area contributed by atoms with Gasteiger partial charge in [-0.1, -0.05) is 30.2 Å². The number of aliphatic hydroxyl groups excluding tert-OH is 1.